The fraction of sp³-hybridized carbons (Fsp3) is 0.409. The van der Waals surface area contributed by atoms with Crippen molar-refractivity contribution in [3.63, 3.8) is 0 Å². The summed E-state index contributed by atoms with van der Waals surface area (Å²) in [6.07, 6.45) is -1.33. The molecule has 0 amide bonds. The normalized spacial score (nSPS) is 18.5. The van der Waals surface area contributed by atoms with E-state index in [1.54, 1.807) is 12.1 Å². The van der Waals surface area contributed by atoms with Gasteiger partial charge in [0.2, 0.25) is 5.89 Å². The molecule has 2 atom stereocenters. The Hall–Kier alpha value is -2.76. The van der Waals surface area contributed by atoms with E-state index in [0.717, 1.165) is 17.8 Å². The molecule has 176 valence electrons. The molecule has 1 fully saturated rings. The quantitative estimate of drug-likeness (QED) is 0.519. The average molecular weight is 477 g/mol. The van der Waals surface area contributed by atoms with Crippen molar-refractivity contribution >= 4 is 16.9 Å². The molecule has 4 rings (SSSR count). The van der Waals surface area contributed by atoms with E-state index in [4.69, 9.17) is 4.42 Å². The van der Waals surface area contributed by atoms with Gasteiger partial charge in [0, 0.05) is 31.9 Å². The molecule has 0 spiro atoms. The number of benzene rings is 1. The number of halogens is 2. The van der Waals surface area contributed by atoms with Crippen molar-refractivity contribution in [2.75, 3.05) is 31.0 Å². The third-order valence-electron chi connectivity index (χ3n) is 5.63. The van der Waals surface area contributed by atoms with E-state index < -0.39 is 23.5 Å². The van der Waals surface area contributed by atoms with Gasteiger partial charge >= 0.3 is 6.43 Å². The molecule has 1 aromatic carbocycles. The second-order valence-electron chi connectivity index (χ2n) is 8.11. The van der Waals surface area contributed by atoms with Crippen LogP contribution in [0.25, 0.3) is 11.5 Å². The summed E-state index contributed by atoms with van der Waals surface area (Å²) in [6.45, 7) is 6.66. The molecule has 0 saturated carbocycles. The lowest BCUT2D eigenvalue weighted by Crippen LogP contribution is -2.53. The maximum Gasteiger partial charge on any atom is 0.314 e. The van der Waals surface area contributed by atoms with Crippen LogP contribution in [0.3, 0.4) is 0 Å². The average Bonchev–Trinajstić information content (AvgIpc) is 3.30. The van der Waals surface area contributed by atoms with Crippen molar-refractivity contribution in [3.05, 3.63) is 59.7 Å². The number of rotatable bonds is 7. The highest BCUT2D eigenvalue weighted by Crippen LogP contribution is 2.25. The van der Waals surface area contributed by atoms with Gasteiger partial charge in [-0.25, -0.2) is 8.51 Å². The predicted octanol–water partition coefficient (Wildman–Crippen LogP) is 3.60. The summed E-state index contributed by atoms with van der Waals surface area (Å²) in [5, 5.41) is 7.00. The van der Waals surface area contributed by atoms with Crippen LogP contribution in [0.4, 0.5) is 14.5 Å². The number of piperazine rings is 1. The Morgan fingerprint density at radius 3 is 2.70 bits per heavy atom. The molecule has 0 bridgehead atoms. The molecule has 1 saturated heterocycles. The van der Waals surface area contributed by atoms with E-state index in [1.165, 1.54) is 6.20 Å². The first kappa shape index (κ1) is 23.4. The Bertz CT molecular complexity index is 1110. The molecular formula is C22H26F2N6O2S. The van der Waals surface area contributed by atoms with Gasteiger partial charge in [-0.2, -0.15) is 8.78 Å². The highest BCUT2D eigenvalue weighted by atomic mass is 32.2. The topological polar surface area (TPSA) is 78.6 Å². The largest absolute Gasteiger partial charge is 0.415 e. The fourth-order valence-corrected chi connectivity index (χ4v) is 4.94. The van der Waals surface area contributed by atoms with Gasteiger partial charge in [-0.1, -0.05) is 12.1 Å². The van der Waals surface area contributed by atoms with E-state index in [0.29, 0.717) is 36.9 Å². The second-order valence-corrected chi connectivity index (χ2v) is 9.53. The number of hydrogen-bond donors (Lipinski definition) is 0. The number of hydrogen-bond acceptors (Lipinski definition) is 6. The maximum atomic E-state index is 13.6. The first-order chi connectivity index (χ1) is 15.8. The molecular weight excluding hydrogens is 450 g/mol. The minimum Gasteiger partial charge on any atom is -0.415 e. The zero-order valence-corrected chi connectivity index (χ0v) is 19.5. The second kappa shape index (κ2) is 10.0. The van der Waals surface area contributed by atoms with Crippen LogP contribution < -0.4 is 4.31 Å². The van der Waals surface area contributed by atoms with Gasteiger partial charge in [-0.05, 0) is 50.7 Å². The van der Waals surface area contributed by atoms with E-state index in [-0.39, 0.29) is 5.89 Å². The van der Waals surface area contributed by atoms with Crippen LogP contribution in [0.1, 0.15) is 30.5 Å². The van der Waals surface area contributed by atoms with Crippen molar-refractivity contribution in [3.8, 4) is 11.5 Å². The number of likely N-dealkylation sites (N-methyl/N-ethyl adjacent to an activating group) is 1. The number of alkyl halides is 2. The van der Waals surface area contributed by atoms with Crippen LogP contribution in [0.2, 0.25) is 0 Å². The Balaban J connectivity index is 1.56. The van der Waals surface area contributed by atoms with Crippen LogP contribution >= 0.6 is 0 Å². The summed E-state index contributed by atoms with van der Waals surface area (Å²) in [7, 11) is 2.07. The summed E-state index contributed by atoms with van der Waals surface area (Å²) in [4.78, 5) is 6.69. The molecule has 0 radical (unpaired) electrons. The molecule has 8 nitrogen and oxygen atoms in total. The summed E-state index contributed by atoms with van der Waals surface area (Å²) < 4.78 is 47.9. The first-order valence-electron chi connectivity index (χ1n) is 10.6. The van der Waals surface area contributed by atoms with Crippen molar-refractivity contribution < 1.29 is 17.4 Å². The number of pyridine rings is 1. The molecule has 0 N–H and O–H groups in total. The van der Waals surface area contributed by atoms with Gasteiger partial charge < -0.3 is 9.32 Å². The minimum absolute atomic E-state index is 0.0186. The number of aryl methyl sites for hydroxylation is 1. The predicted molar refractivity (Wildman–Crippen MR) is 122 cm³/mol. The van der Waals surface area contributed by atoms with E-state index in [2.05, 4.69) is 34.1 Å². The smallest absolute Gasteiger partial charge is 0.314 e. The third-order valence-corrected chi connectivity index (χ3v) is 7.12. The first-order valence-corrected chi connectivity index (χ1v) is 11.7. The summed E-state index contributed by atoms with van der Waals surface area (Å²) in [5.41, 5.74) is 3.01. The molecule has 1 aliphatic rings. The molecule has 33 heavy (non-hydrogen) atoms. The van der Waals surface area contributed by atoms with Gasteiger partial charge in [0.25, 0.3) is 5.89 Å². The lowest BCUT2D eigenvalue weighted by Gasteiger charge is -2.39. The van der Waals surface area contributed by atoms with Crippen molar-refractivity contribution in [2.24, 2.45) is 0 Å². The number of aromatic nitrogens is 3. The molecule has 11 heteroatoms. The molecule has 3 heterocycles. The Kier molecular flexibility index (Phi) is 7.11. The molecule has 2 unspecified atom stereocenters. The van der Waals surface area contributed by atoms with Gasteiger partial charge in [-0.15, -0.1) is 10.2 Å². The van der Waals surface area contributed by atoms with Gasteiger partial charge in [0.15, 0.2) is 11.2 Å². The molecule has 3 aromatic rings. The zero-order valence-electron chi connectivity index (χ0n) is 18.7. The van der Waals surface area contributed by atoms with Crippen LogP contribution in [0.5, 0.6) is 0 Å². The maximum absolute atomic E-state index is 13.6. The Morgan fingerprint density at radius 1 is 1.24 bits per heavy atom. The SMILES string of the molecule is Cc1cccc(N(Cc2ccc(-c3nnc(C(F)F)o3)cn2)S(=O)N2CCN(C)C(C)C2)c1. The Labute approximate surface area is 194 Å². The van der Waals surface area contributed by atoms with Crippen LogP contribution in [0.15, 0.2) is 47.0 Å². The van der Waals surface area contributed by atoms with Gasteiger partial charge in [-0.3, -0.25) is 9.29 Å². The van der Waals surface area contributed by atoms with Gasteiger partial charge in [0.05, 0.1) is 23.5 Å². The summed E-state index contributed by atoms with van der Waals surface area (Å²) in [6, 6.07) is 11.6. The van der Waals surface area contributed by atoms with E-state index in [9.17, 15) is 13.0 Å². The molecule has 2 aromatic heterocycles. The van der Waals surface area contributed by atoms with E-state index >= 15 is 0 Å². The fourth-order valence-electron chi connectivity index (χ4n) is 3.55. The highest BCUT2D eigenvalue weighted by Gasteiger charge is 2.29. The third kappa shape index (κ3) is 5.43. The summed E-state index contributed by atoms with van der Waals surface area (Å²) in [5.74, 6) is -0.744. The van der Waals surface area contributed by atoms with Crippen molar-refractivity contribution in [1.82, 2.24) is 24.4 Å². The van der Waals surface area contributed by atoms with Crippen LogP contribution in [-0.2, 0) is 17.7 Å². The minimum atomic E-state index is -2.83. The van der Waals surface area contributed by atoms with Crippen molar-refractivity contribution in [2.45, 2.75) is 32.9 Å². The van der Waals surface area contributed by atoms with Crippen LogP contribution in [-0.4, -0.2) is 61.3 Å². The highest BCUT2D eigenvalue weighted by molar-refractivity contribution is 7.84. The molecule has 1 aliphatic heterocycles. The summed E-state index contributed by atoms with van der Waals surface area (Å²) >= 11 is -1.41. The Morgan fingerprint density at radius 2 is 2.06 bits per heavy atom. The number of nitrogens with zero attached hydrogens (tertiary/aromatic N) is 6. The van der Waals surface area contributed by atoms with Crippen molar-refractivity contribution in [1.29, 1.82) is 0 Å². The van der Waals surface area contributed by atoms with E-state index in [1.807, 2.05) is 39.8 Å². The standard InChI is InChI=1S/C22H26F2N6O2S/c1-15-5-4-6-19(11-15)30(33(31)29-10-9-28(3)16(2)13-29)14-18-8-7-17(12-25-18)21-26-27-22(32-21)20(23)24/h4-8,11-12,16,20H,9-10,13-14H2,1-3H3. The zero-order chi connectivity index (χ0) is 23.5. The van der Waals surface area contributed by atoms with Gasteiger partial charge in [0.1, 0.15) is 0 Å². The monoisotopic (exact) mass is 476 g/mol. The lowest BCUT2D eigenvalue weighted by molar-refractivity contribution is 0.116. The van der Waals surface area contributed by atoms with Crippen LogP contribution in [0, 0.1) is 6.92 Å². The molecule has 0 aliphatic carbocycles. The lowest BCUT2D eigenvalue weighted by atomic mass is 10.2. The number of anilines is 1.